The lowest BCUT2D eigenvalue weighted by molar-refractivity contribution is -0.316. The van der Waals surface area contributed by atoms with Gasteiger partial charge in [0.1, 0.15) is 23.9 Å². The van der Waals surface area contributed by atoms with E-state index in [0.717, 1.165) is 44.9 Å². The quantitative estimate of drug-likeness (QED) is 0.254. The molecular weight excluding hydrogens is 580 g/mol. The van der Waals surface area contributed by atoms with E-state index in [4.69, 9.17) is 18.9 Å². The van der Waals surface area contributed by atoms with Gasteiger partial charge in [0, 0.05) is 23.2 Å². The van der Waals surface area contributed by atoms with Crippen molar-refractivity contribution < 1.29 is 49.6 Å². The lowest BCUT2D eigenvalue weighted by atomic mass is 9.41. The fourth-order valence-corrected chi connectivity index (χ4v) is 13.9. The van der Waals surface area contributed by atoms with Crippen LogP contribution >= 0.6 is 0 Å². The summed E-state index contributed by atoms with van der Waals surface area (Å²) >= 11 is 0. The summed E-state index contributed by atoms with van der Waals surface area (Å²) in [7, 11) is 0. The SMILES string of the molecule is CC1(C)[C@@H](O[C@@H]2OC[C@@H](O)[C@H](O)[C@H]2O)CC[C@]23C[C@]24CC[C@]25CO[C@@]6(C(C)(C)O)CC[C@](C)(O6)[C@H]2[C@@H](O)[C@@H](O)[C@@]5(C)[C@H]4CC[C@@H]13. The largest absolute Gasteiger partial charge is 0.390 e. The molecule has 6 N–H and O–H groups in total. The van der Waals surface area contributed by atoms with E-state index in [1.54, 1.807) is 13.8 Å². The third kappa shape index (κ3) is 3.56. The summed E-state index contributed by atoms with van der Waals surface area (Å²) in [6, 6.07) is 0. The van der Waals surface area contributed by atoms with Crippen LogP contribution in [-0.2, 0) is 18.9 Å². The fourth-order valence-electron chi connectivity index (χ4n) is 13.9. The molecule has 10 nitrogen and oxygen atoms in total. The minimum Gasteiger partial charge on any atom is -0.390 e. The Balaban J connectivity index is 1.11. The molecule has 8 fully saturated rings. The molecule has 0 unspecified atom stereocenters. The molecule has 256 valence electrons. The number of aliphatic hydroxyl groups is 6. The Hall–Kier alpha value is -0.400. The molecule has 5 aliphatic carbocycles. The summed E-state index contributed by atoms with van der Waals surface area (Å²) in [5.41, 5.74) is -3.01. The number of rotatable bonds is 3. The van der Waals surface area contributed by atoms with Crippen LogP contribution in [-0.4, -0.2) is 104 Å². The Morgan fingerprint density at radius 2 is 1.42 bits per heavy atom. The average Bonchev–Trinajstić information content (AvgIpc) is 3.47. The molecule has 45 heavy (non-hydrogen) atoms. The zero-order chi connectivity index (χ0) is 32.4. The molecule has 3 saturated heterocycles. The van der Waals surface area contributed by atoms with E-state index in [0.29, 0.717) is 25.4 Å². The normalized spacial score (nSPS) is 61.3. The van der Waals surface area contributed by atoms with Gasteiger partial charge in [-0.3, -0.25) is 0 Å². The summed E-state index contributed by atoms with van der Waals surface area (Å²) in [6.07, 6.45) is 1.20. The molecule has 3 heterocycles. The number of hydrogen-bond acceptors (Lipinski definition) is 10. The fraction of sp³-hybridized carbons (Fsp3) is 1.00. The van der Waals surface area contributed by atoms with E-state index in [1.807, 2.05) is 0 Å². The minimum absolute atomic E-state index is 0.0654. The highest BCUT2D eigenvalue weighted by molar-refractivity contribution is 5.34. The van der Waals surface area contributed by atoms with E-state index in [9.17, 15) is 30.6 Å². The Morgan fingerprint density at radius 3 is 2.13 bits per heavy atom. The molecule has 3 spiro atoms. The second-order valence-corrected chi connectivity index (χ2v) is 18.3. The first-order valence-electron chi connectivity index (χ1n) is 17.6. The van der Waals surface area contributed by atoms with Crippen LogP contribution in [0, 0.1) is 44.8 Å². The third-order valence-corrected chi connectivity index (χ3v) is 16.1. The van der Waals surface area contributed by atoms with Gasteiger partial charge in [0.15, 0.2) is 12.1 Å². The van der Waals surface area contributed by atoms with Crippen LogP contribution in [0.5, 0.6) is 0 Å². The molecule has 0 aromatic rings. The topological polar surface area (TPSA) is 158 Å². The van der Waals surface area contributed by atoms with Crippen molar-refractivity contribution in [2.45, 2.75) is 159 Å². The maximum atomic E-state index is 12.2. The van der Waals surface area contributed by atoms with E-state index in [2.05, 4.69) is 27.7 Å². The molecule has 0 amide bonds. The van der Waals surface area contributed by atoms with E-state index in [-0.39, 0.29) is 40.8 Å². The second kappa shape index (κ2) is 9.23. The van der Waals surface area contributed by atoms with Crippen LogP contribution in [0.3, 0.4) is 0 Å². The molecule has 3 aliphatic heterocycles. The average molecular weight is 637 g/mol. The molecule has 5 saturated carbocycles. The molecule has 0 radical (unpaired) electrons. The standard InChI is InChI=1S/C35H56O10/c1-28(2)19-7-8-20-31(6)26(40)24(39)25-30(5)11-14-35(45-30,29(3,4)41)43-17-34(25,31)13-12-33(20)16-32(19,33)10-9-21(28)44-27-23(38)22(37)18(36)15-42-27/h18-27,36-41H,7-17H2,1-6H3/t18-,19+,20-,21+,22+,23-,24-,25-,26-,27+,30+,31-,32-,33+,34+,35+/m1/s1. The zero-order valence-corrected chi connectivity index (χ0v) is 27.9. The van der Waals surface area contributed by atoms with Crippen molar-refractivity contribution in [3.63, 3.8) is 0 Å². The van der Waals surface area contributed by atoms with Gasteiger partial charge in [-0.25, -0.2) is 0 Å². The maximum absolute atomic E-state index is 12.2. The van der Waals surface area contributed by atoms with Crippen molar-refractivity contribution in [3.8, 4) is 0 Å². The van der Waals surface area contributed by atoms with Crippen LogP contribution < -0.4 is 0 Å². The Morgan fingerprint density at radius 1 is 0.756 bits per heavy atom. The zero-order valence-electron chi connectivity index (χ0n) is 27.9. The molecule has 16 atom stereocenters. The third-order valence-electron chi connectivity index (χ3n) is 16.1. The van der Waals surface area contributed by atoms with Gasteiger partial charge in [0.2, 0.25) is 0 Å². The van der Waals surface area contributed by atoms with Crippen molar-refractivity contribution in [1.29, 1.82) is 0 Å². The monoisotopic (exact) mass is 636 g/mol. The number of aliphatic hydroxyl groups excluding tert-OH is 5. The molecule has 0 aromatic carbocycles. The van der Waals surface area contributed by atoms with Crippen LogP contribution in [0.4, 0.5) is 0 Å². The van der Waals surface area contributed by atoms with Crippen molar-refractivity contribution in [2.24, 2.45) is 44.8 Å². The number of ether oxygens (including phenoxy) is 4. The molecule has 10 heteroatoms. The molecule has 0 aromatic heterocycles. The predicted molar refractivity (Wildman–Crippen MR) is 160 cm³/mol. The van der Waals surface area contributed by atoms with Gasteiger partial charge in [-0.1, -0.05) is 20.8 Å². The van der Waals surface area contributed by atoms with E-state index < -0.39 is 64.6 Å². The minimum atomic E-state index is -1.31. The van der Waals surface area contributed by atoms with Crippen molar-refractivity contribution in [3.05, 3.63) is 0 Å². The highest BCUT2D eigenvalue weighted by Gasteiger charge is 2.87. The van der Waals surface area contributed by atoms with Crippen LogP contribution in [0.1, 0.15) is 99.3 Å². The lowest BCUT2D eigenvalue weighted by Crippen LogP contribution is -2.63. The first-order chi connectivity index (χ1) is 20.9. The van der Waals surface area contributed by atoms with E-state index >= 15 is 0 Å². The van der Waals surface area contributed by atoms with Gasteiger partial charge in [-0.05, 0) is 100 Å². The lowest BCUT2D eigenvalue weighted by Gasteiger charge is -2.64. The van der Waals surface area contributed by atoms with Gasteiger partial charge >= 0.3 is 0 Å². The highest BCUT2D eigenvalue weighted by Crippen LogP contribution is 2.89. The van der Waals surface area contributed by atoms with Crippen molar-refractivity contribution in [2.75, 3.05) is 13.2 Å². The number of hydrogen-bond donors (Lipinski definition) is 6. The molecule has 2 bridgehead atoms. The highest BCUT2D eigenvalue weighted by atomic mass is 16.7. The second-order valence-electron chi connectivity index (χ2n) is 18.3. The predicted octanol–water partition coefficient (Wildman–Crippen LogP) is 2.24. The van der Waals surface area contributed by atoms with Crippen LogP contribution in [0.15, 0.2) is 0 Å². The Kier molecular flexibility index (Phi) is 6.53. The van der Waals surface area contributed by atoms with Gasteiger partial charge in [-0.2, -0.15) is 0 Å². The van der Waals surface area contributed by atoms with E-state index in [1.165, 1.54) is 0 Å². The smallest absolute Gasteiger partial charge is 0.197 e. The summed E-state index contributed by atoms with van der Waals surface area (Å²) in [6.45, 7) is 12.6. The Labute approximate surface area is 266 Å². The van der Waals surface area contributed by atoms with Gasteiger partial charge in [0.05, 0.1) is 37.1 Å². The summed E-state index contributed by atoms with van der Waals surface area (Å²) in [5.74, 6) is -0.821. The van der Waals surface area contributed by atoms with Gasteiger partial charge in [0.25, 0.3) is 0 Å². The first kappa shape index (κ1) is 31.8. The number of fused-ring (bicyclic) bond motifs is 4. The van der Waals surface area contributed by atoms with Crippen molar-refractivity contribution in [1.82, 2.24) is 0 Å². The molecular formula is C35H56O10. The summed E-state index contributed by atoms with van der Waals surface area (Å²) in [4.78, 5) is 0. The van der Waals surface area contributed by atoms with Gasteiger partial charge in [-0.15, -0.1) is 0 Å². The molecule has 8 aliphatic rings. The first-order valence-corrected chi connectivity index (χ1v) is 17.6. The van der Waals surface area contributed by atoms with Crippen LogP contribution in [0.2, 0.25) is 0 Å². The molecule has 8 rings (SSSR count). The maximum Gasteiger partial charge on any atom is 0.197 e. The van der Waals surface area contributed by atoms with Crippen LogP contribution in [0.25, 0.3) is 0 Å². The summed E-state index contributed by atoms with van der Waals surface area (Å²) in [5, 5.41) is 66.2. The van der Waals surface area contributed by atoms with Crippen molar-refractivity contribution >= 4 is 0 Å². The van der Waals surface area contributed by atoms with Gasteiger partial charge < -0.3 is 49.6 Å². The summed E-state index contributed by atoms with van der Waals surface area (Å²) < 4.78 is 25.6. The Bertz CT molecular complexity index is 1240.